The summed E-state index contributed by atoms with van der Waals surface area (Å²) in [5.74, 6) is 0.126. The van der Waals surface area contributed by atoms with Crippen molar-refractivity contribution in [3.63, 3.8) is 0 Å². The van der Waals surface area contributed by atoms with Crippen LogP contribution in [0, 0.1) is 0 Å². The molecule has 0 amide bonds. The first kappa shape index (κ1) is 14.6. The van der Waals surface area contributed by atoms with Gasteiger partial charge in [-0.1, -0.05) is 6.92 Å². The van der Waals surface area contributed by atoms with Gasteiger partial charge in [0.05, 0.1) is 17.2 Å². The second kappa shape index (κ2) is 6.09. The van der Waals surface area contributed by atoms with Crippen LogP contribution in [-0.2, 0) is 16.4 Å². The predicted octanol–water partition coefficient (Wildman–Crippen LogP) is 1.81. The molecule has 0 unspecified atom stereocenters. The zero-order valence-electron chi connectivity index (χ0n) is 11.7. The van der Waals surface area contributed by atoms with Crippen LogP contribution in [0.2, 0.25) is 0 Å². The number of benzene rings is 1. The SMILES string of the molecule is CCS(=O)(=O)c1ccc(N(C)CCn2cccn2)cc1. The van der Waals surface area contributed by atoms with Gasteiger partial charge in [0.2, 0.25) is 0 Å². The number of hydrogen-bond donors (Lipinski definition) is 0. The lowest BCUT2D eigenvalue weighted by molar-refractivity contribution is 0.597. The van der Waals surface area contributed by atoms with Crippen LogP contribution in [0.3, 0.4) is 0 Å². The fraction of sp³-hybridized carbons (Fsp3) is 0.357. The van der Waals surface area contributed by atoms with Crippen molar-refractivity contribution in [3.8, 4) is 0 Å². The first-order valence-corrected chi connectivity index (χ1v) is 8.19. The lowest BCUT2D eigenvalue weighted by Crippen LogP contribution is -2.22. The van der Waals surface area contributed by atoms with Gasteiger partial charge in [0.15, 0.2) is 9.84 Å². The van der Waals surface area contributed by atoms with Crippen molar-refractivity contribution in [2.75, 3.05) is 24.2 Å². The van der Waals surface area contributed by atoms with E-state index in [1.165, 1.54) is 0 Å². The van der Waals surface area contributed by atoms with E-state index in [-0.39, 0.29) is 5.75 Å². The Morgan fingerprint density at radius 3 is 2.50 bits per heavy atom. The molecule has 0 aliphatic heterocycles. The Kier molecular flexibility index (Phi) is 4.44. The summed E-state index contributed by atoms with van der Waals surface area (Å²) in [6, 6.07) is 8.90. The van der Waals surface area contributed by atoms with Crippen molar-refractivity contribution >= 4 is 15.5 Å². The van der Waals surface area contributed by atoms with Gasteiger partial charge in [-0.15, -0.1) is 0 Å². The fourth-order valence-corrected chi connectivity index (χ4v) is 2.77. The minimum Gasteiger partial charge on any atom is -0.373 e. The molecular weight excluding hydrogens is 274 g/mol. The van der Waals surface area contributed by atoms with Crippen LogP contribution in [-0.4, -0.2) is 37.5 Å². The lowest BCUT2D eigenvalue weighted by Gasteiger charge is -2.19. The molecule has 0 fully saturated rings. The van der Waals surface area contributed by atoms with Crippen LogP contribution in [0.25, 0.3) is 0 Å². The molecule has 0 saturated heterocycles. The van der Waals surface area contributed by atoms with E-state index in [1.807, 2.05) is 36.1 Å². The molecule has 1 heterocycles. The van der Waals surface area contributed by atoms with Crippen LogP contribution >= 0.6 is 0 Å². The lowest BCUT2D eigenvalue weighted by atomic mass is 10.3. The van der Waals surface area contributed by atoms with Gasteiger partial charge in [-0.3, -0.25) is 4.68 Å². The first-order chi connectivity index (χ1) is 9.53. The second-order valence-electron chi connectivity index (χ2n) is 4.59. The maximum atomic E-state index is 11.7. The third-order valence-corrected chi connectivity index (χ3v) is 4.99. The Bertz CT molecular complexity index is 634. The molecule has 0 aliphatic carbocycles. The van der Waals surface area contributed by atoms with E-state index in [9.17, 15) is 8.42 Å². The molecule has 0 spiro atoms. The molecule has 2 rings (SSSR count). The Labute approximate surface area is 119 Å². The highest BCUT2D eigenvalue weighted by molar-refractivity contribution is 7.91. The molecule has 0 atom stereocenters. The van der Waals surface area contributed by atoms with E-state index in [1.54, 1.807) is 25.3 Å². The zero-order chi connectivity index (χ0) is 14.6. The predicted molar refractivity (Wildman–Crippen MR) is 79.7 cm³/mol. The number of anilines is 1. The van der Waals surface area contributed by atoms with E-state index in [2.05, 4.69) is 10.00 Å². The number of nitrogens with zero attached hydrogens (tertiary/aromatic N) is 3. The summed E-state index contributed by atoms with van der Waals surface area (Å²) >= 11 is 0. The molecule has 2 aromatic rings. The van der Waals surface area contributed by atoms with Gasteiger partial charge >= 0.3 is 0 Å². The van der Waals surface area contributed by atoms with Crippen LogP contribution in [0.15, 0.2) is 47.6 Å². The topological polar surface area (TPSA) is 55.2 Å². The van der Waals surface area contributed by atoms with Gasteiger partial charge in [0.25, 0.3) is 0 Å². The molecule has 5 nitrogen and oxygen atoms in total. The van der Waals surface area contributed by atoms with Gasteiger partial charge in [0.1, 0.15) is 0 Å². The third kappa shape index (κ3) is 3.39. The molecule has 0 radical (unpaired) electrons. The summed E-state index contributed by atoms with van der Waals surface area (Å²) < 4.78 is 25.3. The number of aromatic nitrogens is 2. The van der Waals surface area contributed by atoms with E-state index in [4.69, 9.17) is 0 Å². The highest BCUT2D eigenvalue weighted by Crippen LogP contribution is 2.17. The van der Waals surface area contributed by atoms with Crippen LogP contribution in [0.4, 0.5) is 5.69 Å². The normalized spacial score (nSPS) is 11.5. The first-order valence-electron chi connectivity index (χ1n) is 6.54. The molecule has 0 N–H and O–H groups in total. The number of hydrogen-bond acceptors (Lipinski definition) is 4. The van der Waals surface area contributed by atoms with E-state index >= 15 is 0 Å². The smallest absolute Gasteiger partial charge is 0.178 e. The summed E-state index contributed by atoms with van der Waals surface area (Å²) in [6.07, 6.45) is 3.68. The number of likely N-dealkylation sites (N-methyl/N-ethyl adjacent to an activating group) is 1. The standard InChI is InChI=1S/C14H19N3O2S/c1-3-20(18,19)14-7-5-13(6-8-14)16(2)11-12-17-10-4-9-15-17/h4-10H,3,11-12H2,1-2H3. The highest BCUT2D eigenvalue weighted by atomic mass is 32.2. The molecule has 108 valence electrons. The highest BCUT2D eigenvalue weighted by Gasteiger charge is 2.11. The van der Waals surface area contributed by atoms with Gasteiger partial charge < -0.3 is 4.90 Å². The molecular formula is C14H19N3O2S. The quantitative estimate of drug-likeness (QED) is 0.815. The monoisotopic (exact) mass is 293 g/mol. The van der Waals surface area contributed by atoms with Gasteiger partial charge in [0, 0.05) is 31.7 Å². The molecule has 6 heteroatoms. The summed E-state index contributed by atoms with van der Waals surface area (Å²) in [6.45, 7) is 3.25. The van der Waals surface area contributed by atoms with Crippen LogP contribution in [0.1, 0.15) is 6.92 Å². The summed E-state index contributed by atoms with van der Waals surface area (Å²) in [4.78, 5) is 2.45. The summed E-state index contributed by atoms with van der Waals surface area (Å²) in [7, 11) is -1.14. The molecule has 20 heavy (non-hydrogen) atoms. The van der Waals surface area contributed by atoms with Crippen molar-refractivity contribution in [2.24, 2.45) is 0 Å². The van der Waals surface area contributed by atoms with Crippen molar-refractivity contribution in [1.82, 2.24) is 9.78 Å². The molecule has 0 bridgehead atoms. The van der Waals surface area contributed by atoms with E-state index in [0.29, 0.717) is 4.90 Å². The maximum Gasteiger partial charge on any atom is 0.178 e. The van der Waals surface area contributed by atoms with Crippen molar-refractivity contribution < 1.29 is 8.42 Å². The Morgan fingerprint density at radius 2 is 1.95 bits per heavy atom. The Morgan fingerprint density at radius 1 is 1.25 bits per heavy atom. The average molecular weight is 293 g/mol. The minimum atomic E-state index is -3.12. The van der Waals surface area contributed by atoms with E-state index in [0.717, 1.165) is 18.8 Å². The molecule has 0 saturated carbocycles. The van der Waals surface area contributed by atoms with Crippen LogP contribution in [0.5, 0.6) is 0 Å². The number of sulfone groups is 1. The van der Waals surface area contributed by atoms with Gasteiger partial charge in [-0.25, -0.2) is 8.42 Å². The molecule has 1 aromatic heterocycles. The van der Waals surface area contributed by atoms with Crippen molar-refractivity contribution in [2.45, 2.75) is 18.4 Å². The number of rotatable bonds is 6. The summed E-state index contributed by atoms with van der Waals surface area (Å²) in [5.41, 5.74) is 0.993. The Balaban J connectivity index is 2.02. The van der Waals surface area contributed by atoms with Crippen LogP contribution < -0.4 is 4.90 Å². The maximum absolute atomic E-state index is 11.7. The van der Waals surface area contributed by atoms with Crippen molar-refractivity contribution in [1.29, 1.82) is 0 Å². The zero-order valence-corrected chi connectivity index (χ0v) is 12.5. The fourth-order valence-electron chi connectivity index (χ4n) is 1.89. The molecule has 0 aliphatic rings. The second-order valence-corrected chi connectivity index (χ2v) is 6.87. The largest absolute Gasteiger partial charge is 0.373 e. The Hall–Kier alpha value is -1.82. The van der Waals surface area contributed by atoms with Gasteiger partial charge in [-0.2, -0.15) is 5.10 Å². The molecule has 1 aromatic carbocycles. The van der Waals surface area contributed by atoms with Crippen molar-refractivity contribution in [3.05, 3.63) is 42.7 Å². The third-order valence-electron chi connectivity index (χ3n) is 3.24. The average Bonchev–Trinajstić information content (AvgIpc) is 2.98. The van der Waals surface area contributed by atoms with E-state index < -0.39 is 9.84 Å². The summed E-state index contributed by atoms with van der Waals surface area (Å²) in [5, 5.41) is 4.15. The van der Waals surface area contributed by atoms with Gasteiger partial charge in [-0.05, 0) is 30.3 Å². The minimum absolute atomic E-state index is 0.126.